The van der Waals surface area contributed by atoms with Crippen LogP contribution in [0.1, 0.15) is 26.3 Å². The predicted octanol–water partition coefficient (Wildman–Crippen LogP) is 0.502. The van der Waals surface area contributed by atoms with Gasteiger partial charge >= 0.3 is 0 Å². The van der Waals surface area contributed by atoms with Gasteiger partial charge in [-0.15, -0.1) is 0 Å². The van der Waals surface area contributed by atoms with Gasteiger partial charge in [-0.1, -0.05) is 6.92 Å². The number of hydrogen-bond acceptors (Lipinski definition) is 3. The minimum Gasteiger partial charge on any atom is -0.250 e. The highest BCUT2D eigenvalue weighted by molar-refractivity contribution is 7.89. The first kappa shape index (κ1) is 10.2. The highest BCUT2D eigenvalue weighted by Gasteiger charge is 2.16. The number of nitrogens with two attached hydrogens (primary N) is 1. The summed E-state index contributed by atoms with van der Waals surface area (Å²) >= 11 is 0. The number of nitrogens with zero attached hydrogens (tertiary/aromatic N) is 2. The van der Waals surface area contributed by atoms with Gasteiger partial charge in [-0.3, -0.25) is 4.68 Å². The third-order valence-electron chi connectivity index (χ3n) is 1.93. The summed E-state index contributed by atoms with van der Waals surface area (Å²) in [4.78, 5) is 0. The van der Waals surface area contributed by atoms with Crippen molar-refractivity contribution < 1.29 is 8.42 Å². The Morgan fingerprint density at radius 3 is 2.77 bits per heavy atom. The molecule has 0 radical (unpaired) electrons. The van der Waals surface area contributed by atoms with Gasteiger partial charge in [0, 0.05) is 0 Å². The van der Waals surface area contributed by atoms with Gasteiger partial charge in [-0.2, -0.15) is 5.10 Å². The molecule has 74 valence electrons. The second kappa shape index (κ2) is 3.47. The molecule has 0 aromatic carbocycles. The molecular formula is C7H13N3O2S. The summed E-state index contributed by atoms with van der Waals surface area (Å²) in [5.74, 6) is 0. The molecule has 13 heavy (non-hydrogen) atoms. The van der Waals surface area contributed by atoms with E-state index in [2.05, 4.69) is 5.10 Å². The van der Waals surface area contributed by atoms with Crippen LogP contribution in [0.15, 0.2) is 17.3 Å². The first-order valence-electron chi connectivity index (χ1n) is 4.03. The third-order valence-corrected chi connectivity index (χ3v) is 2.84. The zero-order valence-electron chi connectivity index (χ0n) is 7.64. The van der Waals surface area contributed by atoms with E-state index in [0.717, 1.165) is 6.42 Å². The molecule has 0 aliphatic carbocycles. The molecule has 0 aliphatic rings. The van der Waals surface area contributed by atoms with E-state index < -0.39 is 10.0 Å². The molecule has 1 unspecified atom stereocenters. The van der Waals surface area contributed by atoms with Crippen molar-refractivity contribution in [1.82, 2.24) is 9.78 Å². The Balaban J connectivity index is 3.18. The van der Waals surface area contributed by atoms with Gasteiger partial charge in [0.1, 0.15) is 0 Å². The lowest BCUT2D eigenvalue weighted by atomic mass is 10.3. The topological polar surface area (TPSA) is 78.0 Å². The van der Waals surface area contributed by atoms with Gasteiger partial charge in [-0.05, 0) is 19.4 Å². The Kier molecular flexibility index (Phi) is 2.72. The molecule has 6 heteroatoms. The highest BCUT2D eigenvalue weighted by Crippen LogP contribution is 2.14. The molecule has 0 fully saturated rings. The fraction of sp³-hybridized carbons (Fsp3) is 0.571. The van der Waals surface area contributed by atoms with Crippen molar-refractivity contribution in [3.05, 3.63) is 12.3 Å². The molecule has 0 spiro atoms. The average molecular weight is 203 g/mol. The molecule has 1 rings (SSSR count). The predicted molar refractivity (Wildman–Crippen MR) is 48.6 cm³/mol. The Bertz CT molecular complexity index is 382. The summed E-state index contributed by atoms with van der Waals surface area (Å²) in [6, 6.07) is 1.45. The maximum Gasteiger partial charge on any atom is 0.255 e. The highest BCUT2D eigenvalue weighted by atomic mass is 32.2. The average Bonchev–Trinajstić information content (AvgIpc) is 2.49. The van der Waals surface area contributed by atoms with Crippen molar-refractivity contribution in [1.29, 1.82) is 0 Å². The standard InChI is InChI=1S/C7H13N3O2S/c1-3-6(2)10-7(4-5-9-10)13(8,11)12/h4-6H,3H2,1-2H3,(H2,8,11,12). The molecule has 2 N–H and O–H groups in total. The van der Waals surface area contributed by atoms with Crippen molar-refractivity contribution in [3.8, 4) is 0 Å². The molecule has 5 nitrogen and oxygen atoms in total. The summed E-state index contributed by atoms with van der Waals surface area (Å²) in [6.07, 6.45) is 2.25. The van der Waals surface area contributed by atoms with E-state index in [-0.39, 0.29) is 11.1 Å². The lowest BCUT2D eigenvalue weighted by molar-refractivity contribution is 0.437. The van der Waals surface area contributed by atoms with Gasteiger partial charge < -0.3 is 0 Å². The maximum absolute atomic E-state index is 11.1. The lowest BCUT2D eigenvalue weighted by Gasteiger charge is -2.11. The van der Waals surface area contributed by atoms with Crippen LogP contribution in [0.4, 0.5) is 0 Å². The fourth-order valence-electron chi connectivity index (χ4n) is 1.03. The SMILES string of the molecule is CCC(C)n1nccc1S(N)(=O)=O. The van der Waals surface area contributed by atoms with Crippen LogP contribution in [0.25, 0.3) is 0 Å². The molecule has 1 aromatic rings. The Morgan fingerprint density at radius 2 is 2.31 bits per heavy atom. The van der Waals surface area contributed by atoms with Crippen LogP contribution in [0.5, 0.6) is 0 Å². The molecule has 0 saturated heterocycles. The lowest BCUT2D eigenvalue weighted by Crippen LogP contribution is -2.19. The van der Waals surface area contributed by atoms with Crippen LogP contribution >= 0.6 is 0 Å². The van der Waals surface area contributed by atoms with Crippen LogP contribution in [0.2, 0.25) is 0 Å². The largest absolute Gasteiger partial charge is 0.255 e. The molecule has 0 saturated carbocycles. The second-order valence-corrected chi connectivity index (χ2v) is 4.42. The Hall–Kier alpha value is -0.880. The van der Waals surface area contributed by atoms with E-state index in [4.69, 9.17) is 5.14 Å². The van der Waals surface area contributed by atoms with Gasteiger partial charge in [-0.25, -0.2) is 13.6 Å². The number of sulfonamides is 1. The molecule has 1 aromatic heterocycles. The first-order chi connectivity index (χ1) is 5.96. The van der Waals surface area contributed by atoms with Crippen molar-refractivity contribution >= 4 is 10.0 Å². The smallest absolute Gasteiger partial charge is 0.250 e. The van der Waals surface area contributed by atoms with Crippen LogP contribution in [0, 0.1) is 0 Å². The van der Waals surface area contributed by atoms with E-state index >= 15 is 0 Å². The number of rotatable bonds is 3. The van der Waals surface area contributed by atoms with Crippen LogP contribution < -0.4 is 5.14 Å². The van der Waals surface area contributed by atoms with E-state index in [0.29, 0.717) is 0 Å². The summed E-state index contributed by atoms with van der Waals surface area (Å²) in [7, 11) is -3.64. The molecule has 0 bridgehead atoms. The normalized spacial score (nSPS) is 14.4. The van der Waals surface area contributed by atoms with Gasteiger partial charge in [0.2, 0.25) is 0 Å². The zero-order chi connectivity index (χ0) is 10.1. The van der Waals surface area contributed by atoms with Crippen molar-refractivity contribution in [2.45, 2.75) is 31.3 Å². The monoisotopic (exact) mass is 203 g/mol. The van der Waals surface area contributed by atoms with E-state index in [1.54, 1.807) is 0 Å². The van der Waals surface area contributed by atoms with Crippen molar-refractivity contribution in [2.75, 3.05) is 0 Å². The minimum absolute atomic E-state index is 0.0447. The number of hydrogen-bond donors (Lipinski definition) is 1. The molecular weight excluding hydrogens is 190 g/mol. The summed E-state index contributed by atoms with van der Waals surface area (Å²) in [6.45, 7) is 3.85. The third kappa shape index (κ3) is 2.07. The summed E-state index contributed by atoms with van der Waals surface area (Å²) < 4.78 is 23.5. The van der Waals surface area contributed by atoms with Crippen LogP contribution in [-0.4, -0.2) is 18.2 Å². The summed E-state index contributed by atoms with van der Waals surface area (Å²) in [5, 5.41) is 8.99. The minimum atomic E-state index is -3.64. The Labute approximate surface area is 77.6 Å². The number of aromatic nitrogens is 2. The van der Waals surface area contributed by atoms with Crippen LogP contribution in [-0.2, 0) is 10.0 Å². The molecule has 1 atom stereocenters. The van der Waals surface area contributed by atoms with E-state index in [1.165, 1.54) is 16.9 Å². The zero-order valence-corrected chi connectivity index (χ0v) is 8.45. The van der Waals surface area contributed by atoms with Gasteiger partial charge in [0.15, 0.2) is 5.03 Å². The van der Waals surface area contributed by atoms with Crippen molar-refractivity contribution in [2.24, 2.45) is 5.14 Å². The quantitative estimate of drug-likeness (QED) is 0.777. The Morgan fingerprint density at radius 1 is 1.69 bits per heavy atom. The maximum atomic E-state index is 11.1. The van der Waals surface area contributed by atoms with E-state index in [1.807, 2.05) is 13.8 Å². The first-order valence-corrected chi connectivity index (χ1v) is 5.57. The molecule has 0 aliphatic heterocycles. The second-order valence-electron chi connectivity index (χ2n) is 2.92. The van der Waals surface area contributed by atoms with Gasteiger partial charge in [0.25, 0.3) is 10.0 Å². The molecule has 0 amide bonds. The number of primary sulfonamides is 1. The van der Waals surface area contributed by atoms with Crippen molar-refractivity contribution in [3.63, 3.8) is 0 Å². The van der Waals surface area contributed by atoms with E-state index in [9.17, 15) is 8.42 Å². The molecule has 1 heterocycles. The fourth-order valence-corrected chi connectivity index (χ4v) is 1.77. The van der Waals surface area contributed by atoms with Crippen LogP contribution in [0.3, 0.4) is 0 Å². The van der Waals surface area contributed by atoms with Gasteiger partial charge in [0.05, 0.1) is 12.2 Å². The summed E-state index contributed by atoms with van der Waals surface area (Å²) in [5.41, 5.74) is 0.